The standard InChI is InChI=1S/C27H22ClN3O4/c28-23-14-19(11-13-25(23)32)27(34)31-29-15-20-10-12-24(22-9-5-4-8-21(20)22)30-26(33)17-35-16-18-6-2-1-3-7-18/h1-15,32H,16-17H2,(H,30,33)(H,31,34)/b29-15+. The number of rotatable bonds is 8. The summed E-state index contributed by atoms with van der Waals surface area (Å²) in [5, 5.41) is 18.2. The van der Waals surface area contributed by atoms with E-state index in [0.717, 1.165) is 21.9 Å². The number of phenols is 1. The Bertz CT molecular complexity index is 1390. The number of hydrogen-bond acceptors (Lipinski definition) is 5. The summed E-state index contributed by atoms with van der Waals surface area (Å²) in [4.78, 5) is 24.7. The van der Waals surface area contributed by atoms with Crippen LogP contribution in [-0.2, 0) is 16.1 Å². The van der Waals surface area contributed by atoms with Gasteiger partial charge in [-0.25, -0.2) is 5.43 Å². The molecule has 0 radical (unpaired) electrons. The fourth-order valence-corrected chi connectivity index (χ4v) is 3.62. The molecule has 0 aromatic heterocycles. The zero-order chi connectivity index (χ0) is 24.6. The smallest absolute Gasteiger partial charge is 0.271 e. The SMILES string of the molecule is O=C(COCc1ccccc1)Nc1ccc(/C=N/NC(=O)c2ccc(O)c(Cl)c2)c2ccccc12. The number of nitrogens with zero attached hydrogens (tertiary/aromatic N) is 1. The maximum absolute atomic E-state index is 12.4. The van der Waals surface area contributed by atoms with Crippen LogP contribution >= 0.6 is 11.6 Å². The van der Waals surface area contributed by atoms with Crippen molar-refractivity contribution in [2.24, 2.45) is 5.10 Å². The van der Waals surface area contributed by atoms with E-state index in [1.54, 1.807) is 12.1 Å². The number of halogens is 1. The number of ether oxygens (including phenoxy) is 1. The third-order valence-corrected chi connectivity index (χ3v) is 5.46. The number of hydrogen-bond donors (Lipinski definition) is 3. The minimum absolute atomic E-state index is 0.0697. The Morgan fingerprint density at radius 3 is 2.46 bits per heavy atom. The molecule has 0 saturated carbocycles. The summed E-state index contributed by atoms with van der Waals surface area (Å²) in [7, 11) is 0. The van der Waals surface area contributed by atoms with Crippen molar-refractivity contribution in [2.45, 2.75) is 6.61 Å². The lowest BCUT2D eigenvalue weighted by Gasteiger charge is -2.11. The average Bonchev–Trinajstić information content (AvgIpc) is 2.87. The molecule has 8 heteroatoms. The average molecular weight is 488 g/mol. The van der Waals surface area contributed by atoms with Crippen LogP contribution < -0.4 is 10.7 Å². The maximum atomic E-state index is 12.4. The number of aromatic hydroxyl groups is 1. The van der Waals surface area contributed by atoms with Gasteiger partial charge in [0.25, 0.3) is 5.91 Å². The third-order valence-electron chi connectivity index (χ3n) is 5.16. The molecule has 0 saturated heterocycles. The number of fused-ring (bicyclic) bond motifs is 1. The lowest BCUT2D eigenvalue weighted by atomic mass is 10.0. The molecule has 0 aliphatic carbocycles. The van der Waals surface area contributed by atoms with E-state index in [2.05, 4.69) is 15.8 Å². The third kappa shape index (κ3) is 6.23. The molecule has 0 spiro atoms. The van der Waals surface area contributed by atoms with E-state index >= 15 is 0 Å². The minimum Gasteiger partial charge on any atom is -0.506 e. The minimum atomic E-state index is -0.466. The van der Waals surface area contributed by atoms with Crippen molar-refractivity contribution in [3.05, 3.63) is 107 Å². The molecular weight excluding hydrogens is 466 g/mol. The molecule has 0 unspecified atom stereocenters. The highest BCUT2D eigenvalue weighted by molar-refractivity contribution is 6.32. The first-order valence-corrected chi connectivity index (χ1v) is 11.1. The van der Waals surface area contributed by atoms with E-state index in [0.29, 0.717) is 12.3 Å². The monoisotopic (exact) mass is 487 g/mol. The summed E-state index contributed by atoms with van der Waals surface area (Å²) in [6.45, 7) is 0.284. The molecule has 35 heavy (non-hydrogen) atoms. The molecule has 0 heterocycles. The van der Waals surface area contributed by atoms with E-state index in [9.17, 15) is 14.7 Å². The van der Waals surface area contributed by atoms with Gasteiger partial charge in [0.15, 0.2) is 0 Å². The summed E-state index contributed by atoms with van der Waals surface area (Å²) in [6, 6.07) is 24.9. The number of hydrazone groups is 1. The second-order valence-electron chi connectivity index (χ2n) is 7.64. The van der Waals surface area contributed by atoms with Gasteiger partial charge in [0.2, 0.25) is 5.91 Å². The normalized spacial score (nSPS) is 11.0. The number of amides is 2. The number of carbonyl (C=O) groups is 2. The van der Waals surface area contributed by atoms with Gasteiger partial charge in [-0.15, -0.1) is 0 Å². The molecule has 4 aromatic carbocycles. The second-order valence-corrected chi connectivity index (χ2v) is 8.05. The first-order chi connectivity index (χ1) is 17.0. The molecular formula is C27H22ClN3O4. The number of nitrogens with one attached hydrogen (secondary N) is 2. The lowest BCUT2D eigenvalue weighted by Crippen LogP contribution is -2.18. The van der Waals surface area contributed by atoms with Crippen LogP contribution in [0.3, 0.4) is 0 Å². The van der Waals surface area contributed by atoms with E-state index in [1.807, 2.05) is 54.6 Å². The first-order valence-electron chi connectivity index (χ1n) is 10.8. The summed E-state index contributed by atoms with van der Waals surface area (Å²) < 4.78 is 5.52. The van der Waals surface area contributed by atoms with Crippen LogP contribution in [-0.4, -0.2) is 29.7 Å². The molecule has 3 N–H and O–H groups in total. The van der Waals surface area contributed by atoms with Crippen LogP contribution in [0, 0.1) is 0 Å². The van der Waals surface area contributed by atoms with Crippen LogP contribution in [0.15, 0.2) is 90.0 Å². The lowest BCUT2D eigenvalue weighted by molar-refractivity contribution is -0.121. The molecule has 0 aliphatic heterocycles. The molecule has 0 aliphatic rings. The zero-order valence-electron chi connectivity index (χ0n) is 18.6. The van der Waals surface area contributed by atoms with Gasteiger partial charge in [0.1, 0.15) is 12.4 Å². The summed E-state index contributed by atoms with van der Waals surface area (Å²) >= 11 is 5.85. The molecule has 0 fully saturated rings. The van der Waals surface area contributed by atoms with Gasteiger partial charge in [-0.05, 0) is 35.2 Å². The van der Waals surface area contributed by atoms with Gasteiger partial charge in [0.05, 0.1) is 17.8 Å². The first kappa shape index (κ1) is 23.9. The molecule has 4 rings (SSSR count). The molecule has 176 valence electrons. The van der Waals surface area contributed by atoms with Crippen molar-refractivity contribution in [1.29, 1.82) is 0 Å². The number of anilines is 1. The molecule has 2 amide bonds. The van der Waals surface area contributed by atoms with Crippen molar-refractivity contribution < 1.29 is 19.4 Å². The second kappa shape index (κ2) is 11.3. The Kier molecular flexibility index (Phi) is 7.72. The predicted octanol–water partition coefficient (Wildman–Crippen LogP) is 5.12. The number of carbonyl (C=O) groups excluding carboxylic acids is 2. The fourth-order valence-electron chi connectivity index (χ4n) is 3.44. The fraction of sp³-hybridized carbons (Fsp3) is 0.0741. The van der Waals surface area contributed by atoms with Gasteiger partial charge in [-0.3, -0.25) is 9.59 Å². The Morgan fingerprint density at radius 2 is 1.69 bits per heavy atom. The van der Waals surface area contributed by atoms with E-state index in [4.69, 9.17) is 16.3 Å². The topological polar surface area (TPSA) is 100 Å². The Hall–Kier alpha value is -4.20. The molecule has 0 atom stereocenters. The maximum Gasteiger partial charge on any atom is 0.271 e. The highest BCUT2D eigenvalue weighted by atomic mass is 35.5. The molecule has 4 aromatic rings. The van der Waals surface area contributed by atoms with E-state index in [-0.39, 0.29) is 28.8 Å². The van der Waals surface area contributed by atoms with Crippen LogP contribution in [0.25, 0.3) is 10.8 Å². The van der Waals surface area contributed by atoms with Crippen molar-refractivity contribution >= 4 is 46.1 Å². The highest BCUT2D eigenvalue weighted by Gasteiger charge is 2.10. The largest absolute Gasteiger partial charge is 0.506 e. The number of phenolic OH excluding ortho intramolecular Hbond substituents is 1. The van der Waals surface area contributed by atoms with Crippen molar-refractivity contribution in [3.8, 4) is 5.75 Å². The van der Waals surface area contributed by atoms with E-state index in [1.165, 1.54) is 24.4 Å². The summed E-state index contributed by atoms with van der Waals surface area (Å²) in [6.07, 6.45) is 1.52. The Labute approximate surface area is 207 Å². The van der Waals surface area contributed by atoms with Crippen molar-refractivity contribution in [2.75, 3.05) is 11.9 Å². The quantitative estimate of drug-likeness (QED) is 0.237. The highest BCUT2D eigenvalue weighted by Crippen LogP contribution is 2.26. The Balaban J connectivity index is 1.42. The predicted molar refractivity (Wildman–Crippen MR) is 137 cm³/mol. The van der Waals surface area contributed by atoms with Gasteiger partial charge in [0, 0.05) is 22.2 Å². The summed E-state index contributed by atoms with van der Waals surface area (Å²) in [5.41, 5.74) is 5.11. The van der Waals surface area contributed by atoms with Crippen LogP contribution in [0.2, 0.25) is 5.02 Å². The van der Waals surface area contributed by atoms with Gasteiger partial charge >= 0.3 is 0 Å². The van der Waals surface area contributed by atoms with Gasteiger partial charge < -0.3 is 15.2 Å². The number of benzene rings is 4. The van der Waals surface area contributed by atoms with Crippen LogP contribution in [0.1, 0.15) is 21.5 Å². The Morgan fingerprint density at radius 1 is 0.943 bits per heavy atom. The molecule has 7 nitrogen and oxygen atoms in total. The van der Waals surface area contributed by atoms with Crippen molar-refractivity contribution in [3.63, 3.8) is 0 Å². The van der Waals surface area contributed by atoms with Crippen LogP contribution in [0.5, 0.6) is 5.75 Å². The van der Waals surface area contributed by atoms with Crippen LogP contribution in [0.4, 0.5) is 5.69 Å². The summed E-state index contributed by atoms with van der Waals surface area (Å²) in [5.74, 6) is -0.827. The zero-order valence-corrected chi connectivity index (χ0v) is 19.3. The van der Waals surface area contributed by atoms with Gasteiger partial charge in [-0.2, -0.15) is 5.10 Å². The van der Waals surface area contributed by atoms with E-state index < -0.39 is 5.91 Å². The van der Waals surface area contributed by atoms with Gasteiger partial charge in [-0.1, -0.05) is 72.3 Å². The van der Waals surface area contributed by atoms with Crippen molar-refractivity contribution in [1.82, 2.24) is 5.43 Å². The molecule has 0 bridgehead atoms.